The van der Waals surface area contributed by atoms with E-state index in [1.165, 1.54) is 18.1 Å². The third kappa shape index (κ3) is 7.05. The Kier molecular flexibility index (Phi) is 9.70. The third-order valence-corrected chi connectivity index (χ3v) is 5.12. The quantitative estimate of drug-likeness (QED) is 0.349. The van der Waals surface area contributed by atoms with Gasteiger partial charge in [0.15, 0.2) is 5.96 Å². The summed E-state index contributed by atoms with van der Waals surface area (Å²) in [4.78, 5) is 6.78. The van der Waals surface area contributed by atoms with Crippen LogP contribution in [0.2, 0.25) is 0 Å². The molecule has 0 bridgehead atoms. The molecule has 2 N–H and O–H groups in total. The molecular weight excluding hydrogens is 466 g/mol. The van der Waals surface area contributed by atoms with Crippen LogP contribution in [0.25, 0.3) is 0 Å². The minimum atomic E-state index is -0.190. The summed E-state index contributed by atoms with van der Waals surface area (Å²) < 4.78 is 13.7. The maximum absolute atomic E-state index is 13.7. The van der Waals surface area contributed by atoms with E-state index in [9.17, 15) is 4.39 Å². The van der Waals surface area contributed by atoms with Crippen molar-refractivity contribution in [3.63, 3.8) is 0 Å². The molecule has 2 aromatic carbocycles. The van der Waals surface area contributed by atoms with Crippen molar-refractivity contribution in [3.05, 3.63) is 71.5 Å². The molecule has 0 radical (unpaired) electrons. The third-order valence-electron chi connectivity index (χ3n) is 5.12. The number of rotatable bonds is 7. The average molecular weight is 496 g/mol. The second-order valence-electron chi connectivity index (χ2n) is 7.09. The lowest BCUT2D eigenvalue weighted by molar-refractivity contribution is 0.328. The summed E-state index contributed by atoms with van der Waals surface area (Å²) in [7, 11) is 1.75. The van der Waals surface area contributed by atoms with E-state index < -0.39 is 0 Å². The van der Waals surface area contributed by atoms with Crippen molar-refractivity contribution in [3.8, 4) is 0 Å². The highest BCUT2D eigenvalue weighted by Crippen LogP contribution is 2.16. The second-order valence-corrected chi connectivity index (χ2v) is 7.09. The van der Waals surface area contributed by atoms with E-state index in [2.05, 4.69) is 50.9 Å². The molecule has 28 heavy (non-hydrogen) atoms. The molecule has 0 aliphatic carbocycles. The number of aliphatic imine (C=N–C) groups is 1. The highest BCUT2D eigenvalue weighted by Gasteiger charge is 2.22. The second kappa shape index (κ2) is 12.0. The Bertz CT molecular complexity index is 738. The molecule has 152 valence electrons. The summed E-state index contributed by atoms with van der Waals surface area (Å²) in [6.07, 6.45) is 2.30. The number of nitrogens with zero attached hydrogens (tertiary/aromatic N) is 2. The summed E-state index contributed by atoms with van der Waals surface area (Å²) >= 11 is 0. The maximum Gasteiger partial charge on any atom is 0.191 e. The molecule has 0 saturated carbocycles. The van der Waals surface area contributed by atoms with Gasteiger partial charge in [0, 0.05) is 38.8 Å². The molecule has 1 aliphatic rings. The predicted octanol–water partition coefficient (Wildman–Crippen LogP) is 3.67. The van der Waals surface area contributed by atoms with Crippen LogP contribution in [0.15, 0.2) is 59.6 Å². The molecule has 1 saturated heterocycles. The molecule has 1 atom stereocenters. The lowest BCUT2D eigenvalue weighted by atomic mass is 10.1. The van der Waals surface area contributed by atoms with Gasteiger partial charge in [-0.1, -0.05) is 48.5 Å². The molecule has 0 spiro atoms. The summed E-state index contributed by atoms with van der Waals surface area (Å²) in [5.41, 5.74) is 2.05. The molecular formula is C22H30FIN4. The lowest BCUT2D eigenvalue weighted by Crippen LogP contribution is -2.40. The normalized spacial score (nSPS) is 17.2. The predicted molar refractivity (Wildman–Crippen MR) is 125 cm³/mol. The summed E-state index contributed by atoms with van der Waals surface area (Å²) in [6.45, 7) is 4.70. The number of nitrogens with one attached hydrogen (secondary N) is 2. The maximum atomic E-state index is 13.7. The van der Waals surface area contributed by atoms with Crippen LogP contribution in [-0.2, 0) is 13.0 Å². The lowest BCUT2D eigenvalue weighted by Gasteiger charge is -2.17. The molecule has 1 fully saturated rings. The van der Waals surface area contributed by atoms with E-state index in [1.807, 2.05) is 6.07 Å². The van der Waals surface area contributed by atoms with Gasteiger partial charge in [0.05, 0.1) is 0 Å². The van der Waals surface area contributed by atoms with E-state index >= 15 is 0 Å². The smallest absolute Gasteiger partial charge is 0.191 e. The van der Waals surface area contributed by atoms with Crippen LogP contribution in [-0.4, -0.2) is 44.1 Å². The number of guanidine groups is 1. The van der Waals surface area contributed by atoms with Gasteiger partial charge in [-0.25, -0.2) is 4.39 Å². The van der Waals surface area contributed by atoms with Crippen molar-refractivity contribution in [2.75, 3.05) is 33.2 Å². The van der Waals surface area contributed by atoms with Gasteiger partial charge >= 0.3 is 0 Å². The molecule has 2 aromatic rings. The van der Waals surface area contributed by atoms with E-state index in [0.29, 0.717) is 18.0 Å². The average Bonchev–Trinajstić information content (AvgIpc) is 3.16. The minimum Gasteiger partial charge on any atom is -0.356 e. The van der Waals surface area contributed by atoms with Gasteiger partial charge in [0.1, 0.15) is 5.82 Å². The van der Waals surface area contributed by atoms with Crippen molar-refractivity contribution in [2.24, 2.45) is 10.9 Å². The van der Waals surface area contributed by atoms with Crippen LogP contribution in [0, 0.1) is 11.7 Å². The van der Waals surface area contributed by atoms with Crippen molar-refractivity contribution in [1.29, 1.82) is 0 Å². The molecule has 4 nitrogen and oxygen atoms in total. The summed E-state index contributed by atoms with van der Waals surface area (Å²) in [5.74, 6) is 1.15. The Hall–Kier alpha value is -1.67. The van der Waals surface area contributed by atoms with Crippen LogP contribution >= 0.6 is 24.0 Å². The topological polar surface area (TPSA) is 39.7 Å². The van der Waals surface area contributed by atoms with Gasteiger partial charge in [-0.05, 0) is 36.9 Å². The Balaban J connectivity index is 0.00000280. The number of halogens is 2. The number of likely N-dealkylation sites (tertiary alicyclic amines) is 1. The zero-order valence-corrected chi connectivity index (χ0v) is 18.7. The first-order valence-electron chi connectivity index (χ1n) is 9.69. The fraction of sp³-hybridized carbons (Fsp3) is 0.409. The summed E-state index contributed by atoms with van der Waals surface area (Å²) in [6, 6.07) is 17.5. The Labute approximate surface area is 184 Å². The van der Waals surface area contributed by atoms with Gasteiger partial charge < -0.3 is 15.5 Å². The zero-order valence-electron chi connectivity index (χ0n) is 16.4. The van der Waals surface area contributed by atoms with Gasteiger partial charge in [-0.15, -0.1) is 24.0 Å². The van der Waals surface area contributed by atoms with Crippen LogP contribution in [0.1, 0.15) is 17.5 Å². The SMILES string of the molecule is CN=C(NCc1ccccc1F)NCC1CCN(CCc2ccccc2)C1.I. The minimum absolute atomic E-state index is 0. The first-order chi connectivity index (χ1) is 13.2. The van der Waals surface area contributed by atoms with E-state index in [4.69, 9.17) is 0 Å². The molecule has 1 heterocycles. The Morgan fingerprint density at radius 3 is 2.61 bits per heavy atom. The van der Waals surface area contributed by atoms with E-state index in [0.717, 1.165) is 38.6 Å². The van der Waals surface area contributed by atoms with Gasteiger partial charge in [0.2, 0.25) is 0 Å². The first-order valence-corrected chi connectivity index (χ1v) is 9.69. The number of hydrogen-bond donors (Lipinski definition) is 2. The number of hydrogen-bond acceptors (Lipinski definition) is 2. The van der Waals surface area contributed by atoms with Gasteiger partial charge in [0.25, 0.3) is 0 Å². The monoisotopic (exact) mass is 496 g/mol. The fourth-order valence-electron chi connectivity index (χ4n) is 3.50. The Morgan fingerprint density at radius 1 is 1.11 bits per heavy atom. The standard InChI is InChI=1S/C22H29FN4.HI/c1-24-22(26-16-20-9-5-6-10-21(20)23)25-15-19-12-14-27(17-19)13-11-18-7-3-2-4-8-18;/h2-10,19H,11-17H2,1H3,(H2,24,25,26);1H. The molecule has 1 unspecified atom stereocenters. The fourth-order valence-corrected chi connectivity index (χ4v) is 3.50. The van der Waals surface area contributed by atoms with Gasteiger partial charge in [-0.3, -0.25) is 4.99 Å². The van der Waals surface area contributed by atoms with E-state index in [-0.39, 0.29) is 29.8 Å². The van der Waals surface area contributed by atoms with Crippen LogP contribution in [0.4, 0.5) is 4.39 Å². The molecule has 0 aromatic heterocycles. The molecule has 1 aliphatic heterocycles. The van der Waals surface area contributed by atoms with Crippen molar-refractivity contribution >= 4 is 29.9 Å². The highest BCUT2D eigenvalue weighted by atomic mass is 127. The van der Waals surface area contributed by atoms with Crippen molar-refractivity contribution < 1.29 is 4.39 Å². The Morgan fingerprint density at radius 2 is 1.86 bits per heavy atom. The van der Waals surface area contributed by atoms with Crippen LogP contribution in [0.5, 0.6) is 0 Å². The van der Waals surface area contributed by atoms with E-state index in [1.54, 1.807) is 19.2 Å². The first kappa shape index (κ1) is 22.6. The van der Waals surface area contributed by atoms with Crippen molar-refractivity contribution in [1.82, 2.24) is 15.5 Å². The molecule has 0 amide bonds. The van der Waals surface area contributed by atoms with Crippen LogP contribution in [0.3, 0.4) is 0 Å². The van der Waals surface area contributed by atoms with Crippen LogP contribution < -0.4 is 10.6 Å². The highest BCUT2D eigenvalue weighted by molar-refractivity contribution is 14.0. The molecule has 6 heteroatoms. The largest absolute Gasteiger partial charge is 0.356 e. The number of benzene rings is 2. The van der Waals surface area contributed by atoms with Crippen molar-refractivity contribution in [2.45, 2.75) is 19.4 Å². The zero-order chi connectivity index (χ0) is 18.9. The summed E-state index contributed by atoms with van der Waals surface area (Å²) in [5, 5.41) is 6.58. The van der Waals surface area contributed by atoms with Gasteiger partial charge in [-0.2, -0.15) is 0 Å². The molecule has 3 rings (SSSR count).